The second-order valence-corrected chi connectivity index (χ2v) is 6.51. The highest BCUT2D eigenvalue weighted by Crippen LogP contribution is 2.41. The van der Waals surface area contributed by atoms with Gasteiger partial charge in [-0.25, -0.2) is 4.79 Å². The Balaban J connectivity index is 2.05. The Morgan fingerprint density at radius 2 is 1.73 bits per heavy atom. The number of carbonyl (C=O) groups excluding carboxylic acids is 3. The molecule has 3 rings (SSSR count). The predicted octanol–water partition coefficient (Wildman–Crippen LogP) is 3.26. The number of rotatable bonds is 6. The van der Waals surface area contributed by atoms with Crippen molar-refractivity contribution in [3.8, 4) is 0 Å². The Morgan fingerprint density at radius 1 is 1.13 bits per heavy atom. The first-order valence-electron chi connectivity index (χ1n) is 9.05. The molecule has 1 N–H and O–H groups in total. The van der Waals surface area contributed by atoms with Gasteiger partial charge in [0.05, 0.1) is 28.7 Å². The van der Waals surface area contributed by atoms with Crippen LogP contribution in [0.25, 0.3) is 0 Å². The average molecular weight is 410 g/mol. The Hall–Kier alpha value is -4.01. The van der Waals surface area contributed by atoms with E-state index in [-0.39, 0.29) is 23.4 Å². The van der Waals surface area contributed by atoms with Crippen molar-refractivity contribution in [1.29, 1.82) is 0 Å². The molecule has 154 valence electrons. The van der Waals surface area contributed by atoms with Crippen LogP contribution in [-0.2, 0) is 14.3 Å². The van der Waals surface area contributed by atoms with Crippen molar-refractivity contribution < 1.29 is 29.2 Å². The molecule has 0 radical (unpaired) electrons. The third-order valence-electron chi connectivity index (χ3n) is 4.66. The summed E-state index contributed by atoms with van der Waals surface area (Å²) in [5.41, 5.74) is 0.772. The molecule has 1 aliphatic heterocycles. The zero-order valence-corrected chi connectivity index (χ0v) is 16.2. The highest BCUT2D eigenvalue weighted by molar-refractivity contribution is 6.16. The molecule has 0 fully saturated rings. The molecule has 30 heavy (non-hydrogen) atoms. The maximum Gasteiger partial charge on any atom is 0.338 e. The van der Waals surface area contributed by atoms with Crippen LogP contribution in [0.2, 0.25) is 0 Å². The molecule has 1 amide bonds. The summed E-state index contributed by atoms with van der Waals surface area (Å²) < 4.78 is 4.93. The lowest BCUT2D eigenvalue weighted by Gasteiger charge is -2.26. The van der Waals surface area contributed by atoms with Crippen molar-refractivity contribution in [1.82, 2.24) is 0 Å². The van der Waals surface area contributed by atoms with E-state index in [2.05, 4.69) is 0 Å². The highest BCUT2D eigenvalue weighted by atomic mass is 16.6. The number of ether oxygens (including phenoxy) is 1. The van der Waals surface area contributed by atoms with Gasteiger partial charge in [0.1, 0.15) is 0 Å². The molecule has 0 aliphatic carbocycles. The molecule has 2 aromatic carbocycles. The van der Waals surface area contributed by atoms with E-state index in [0.29, 0.717) is 11.3 Å². The number of nitrogens with zero attached hydrogens (tertiary/aromatic N) is 2. The van der Waals surface area contributed by atoms with E-state index in [1.165, 1.54) is 60.4 Å². The molecule has 2 aromatic rings. The van der Waals surface area contributed by atoms with E-state index in [1.807, 2.05) is 0 Å². The van der Waals surface area contributed by atoms with E-state index in [1.54, 1.807) is 6.92 Å². The number of Topliss-reactive ketones (excluding diaryl/α,β-unsaturated/α-hetero) is 1. The number of hydrogen-bond acceptors (Lipinski definition) is 7. The second kappa shape index (κ2) is 8.16. The van der Waals surface area contributed by atoms with Crippen molar-refractivity contribution in [2.75, 3.05) is 11.5 Å². The van der Waals surface area contributed by atoms with Gasteiger partial charge in [0, 0.05) is 17.8 Å². The molecule has 0 unspecified atom stereocenters. The van der Waals surface area contributed by atoms with Gasteiger partial charge in [-0.3, -0.25) is 24.6 Å². The molecule has 0 aromatic heterocycles. The SMILES string of the molecule is CCOC(=O)c1ccc(N2C(=O)C(O)=C(C(C)=O)[C@H]2c2ccc([N+](=O)[O-])cc2)cc1. The largest absolute Gasteiger partial charge is 0.503 e. The molecule has 1 aliphatic rings. The third kappa shape index (κ3) is 3.64. The fraction of sp³-hybridized carbons (Fsp3) is 0.190. The first kappa shape index (κ1) is 20.7. The van der Waals surface area contributed by atoms with Gasteiger partial charge in [0.15, 0.2) is 11.5 Å². The number of esters is 1. The van der Waals surface area contributed by atoms with Gasteiger partial charge < -0.3 is 9.84 Å². The van der Waals surface area contributed by atoms with Crippen LogP contribution in [-0.4, -0.2) is 34.3 Å². The van der Waals surface area contributed by atoms with Gasteiger partial charge in [-0.05, 0) is 55.8 Å². The Kier molecular flexibility index (Phi) is 5.63. The van der Waals surface area contributed by atoms with Gasteiger partial charge in [-0.1, -0.05) is 0 Å². The van der Waals surface area contributed by atoms with Crippen LogP contribution in [0.3, 0.4) is 0 Å². The number of aliphatic hydroxyl groups excluding tert-OH is 1. The number of amides is 1. The van der Waals surface area contributed by atoms with Gasteiger partial charge in [0.25, 0.3) is 11.6 Å². The fourth-order valence-electron chi connectivity index (χ4n) is 3.30. The van der Waals surface area contributed by atoms with Crippen LogP contribution in [0.1, 0.15) is 35.8 Å². The number of non-ortho nitro benzene ring substituents is 1. The Morgan fingerprint density at radius 3 is 2.23 bits per heavy atom. The number of aliphatic hydroxyl groups is 1. The summed E-state index contributed by atoms with van der Waals surface area (Å²) >= 11 is 0. The minimum atomic E-state index is -0.968. The summed E-state index contributed by atoms with van der Waals surface area (Å²) in [5.74, 6) is -2.49. The van der Waals surface area contributed by atoms with Crippen LogP contribution < -0.4 is 4.90 Å². The molecule has 0 saturated carbocycles. The third-order valence-corrected chi connectivity index (χ3v) is 4.66. The number of carbonyl (C=O) groups is 3. The highest BCUT2D eigenvalue weighted by Gasteiger charge is 2.43. The van der Waals surface area contributed by atoms with Crippen molar-refractivity contribution in [2.45, 2.75) is 19.9 Å². The molecule has 0 spiro atoms. The first-order valence-corrected chi connectivity index (χ1v) is 9.05. The van der Waals surface area contributed by atoms with E-state index in [4.69, 9.17) is 4.74 Å². The minimum Gasteiger partial charge on any atom is -0.503 e. The van der Waals surface area contributed by atoms with Gasteiger partial charge >= 0.3 is 5.97 Å². The van der Waals surface area contributed by atoms with Crippen LogP contribution in [0.5, 0.6) is 0 Å². The molecule has 9 heteroatoms. The first-order chi connectivity index (χ1) is 14.3. The van der Waals surface area contributed by atoms with Crippen LogP contribution in [0.15, 0.2) is 59.9 Å². The number of nitro groups is 1. The van der Waals surface area contributed by atoms with E-state index in [0.717, 1.165) is 0 Å². The van der Waals surface area contributed by atoms with Crippen molar-refractivity contribution in [2.24, 2.45) is 0 Å². The van der Waals surface area contributed by atoms with Gasteiger partial charge in [0.2, 0.25) is 0 Å². The maximum absolute atomic E-state index is 12.8. The van der Waals surface area contributed by atoms with E-state index >= 15 is 0 Å². The predicted molar refractivity (Wildman–Crippen MR) is 106 cm³/mol. The van der Waals surface area contributed by atoms with E-state index in [9.17, 15) is 29.6 Å². The molecule has 0 saturated heterocycles. The number of nitro benzene ring substituents is 1. The second-order valence-electron chi connectivity index (χ2n) is 6.51. The summed E-state index contributed by atoms with van der Waals surface area (Å²) in [4.78, 5) is 48.4. The summed E-state index contributed by atoms with van der Waals surface area (Å²) in [6, 6.07) is 10.3. The lowest BCUT2D eigenvalue weighted by atomic mass is 9.96. The summed E-state index contributed by atoms with van der Waals surface area (Å²) in [7, 11) is 0. The lowest BCUT2D eigenvalue weighted by molar-refractivity contribution is -0.384. The molecular formula is C21H18N2O7. The normalized spacial score (nSPS) is 16.0. The standard InChI is InChI=1S/C21H18N2O7/c1-3-30-21(27)14-6-8-15(9-7-14)22-18(17(12(2)24)19(25)20(22)26)13-4-10-16(11-5-13)23(28)29/h4-11,18,25H,3H2,1-2H3/t18-/m1/s1. The molecule has 1 heterocycles. The Labute approximate surface area is 171 Å². The minimum absolute atomic E-state index is 0.108. The average Bonchev–Trinajstić information content (AvgIpc) is 2.99. The number of hydrogen-bond donors (Lipinski definition) is 1. The molecule has 1 atom stereocenters. The molecular weight excluding hydrogens is 392 g/mol. The lowest BCUT2D eigenvalue weighted by Crippen LogP contribution is -2.30. The summed E-state index contributed by atoms with van der Waals surface area (Å²) in [6.07, 6.45) is 0. The zero-order chi connectivity index (χ0) is 22.0. The van der Waals surface area contributed by atoms with E-state index < -0.39 is 34.4 Å². The number of benzene rings is 2. The summed E-state index contributed by atoms with van der Waals surface area (Å²) in [5, 5.41) is 21.3. The molecule has 0 bridgehead atoms. The van der Waals surface area contributed by atoms with Crippen molar-refractivity contribution >= 4 is 29.0 Å². The quantitative estimate of drug-likeness (QED) is 0.440. The fourth-order valence-corrected chi connectivity index (χ4v) is 3.30. The van der Waals surface area contributed by atoms with Crippen LogP contribution in [0.4, 0.5) is 11.4 Å². The topological polar surface area (TPSA) is 127 Å². The van der Waals surface area contributed by atoms with Gasteiger partial charge in [-0.2, -0.15) is 0 Å². The summed E-state index contributed by atoms with van der Waals surface area (Å²) in [6.45, 7) is 3.12. The molecule has 9 nitrogen and oxygen atoms in total. The number of ketones is 1. The maximum atomic E-state index is 12.8. The van der Waals surface area contributed by atoms with Gasteiger partial charge in [-0.15, -0.1) is 0 Å². The zero-order valence-electron chi connectivity index (χ0n) is 16.2. The van der Waals surface area contributed by atoms with Crippen LogP contribution >= 0.6 is 0 Å². The van der Waals surface area contributed by atoms with Crippen LogP contribution in [0, 0.1) is 10.1 Å². The smallest absolute Gasteiger partial charge is 0.338 e. The van der Waals surface area contributed by atoms with Crippen molar-refractivity contribution in [3.63, 3.8) is 0 Å². The monoisotopic (exact) mass is 410 g/mol. The Bertz CT molecular complexity index is 1060. The van der Waals surface area contributed by atoms with Crippen molar-refractivity contribution in [3.05, 3.63) is 81.1 Å². The number of anilines is 1.